The molecule has 2 saturated heterocycles. The van der Waals surface area contributed by atoms with E-state index in [2.05, 4.69) is 31.4 Å². The first-order valence-electron chi connectivity index (χ1n) is 22.5. The van der Waals surface area contributed by atoms with Crippen molar-refractivity contribution in [3.63, 3.8) is 0 Å². The third kappa shape index (κ3) is 16.8. The molecule has 9 atom stereocenters. The normalized spacial score (nSPS) is 19.4. The van der Waals surface area contributed by atoms with E-state index >= 15 is 0 Å². The summed E-state index contributed by atoms with van der Waals surface area (Å²) >= 11 is 0. The predicted molar refractivity (Wildman–Crippen MR) is 239 cm³/mol. The minimum absolute atomic E-state index is 0.00890. The van der Waals surface area contributed by atoms with Crippen molar-refractivity contribution in [3.8, 4) is 0 Å². The molecule has 2 aliphatic rings. The number of hydrogen-bond acceptors (Lipinski definition) is 9. The highest BCUT2D eigenvalue weighted by Gasteiger charge is 2.42. The van der Waals surface area contributed by atoms with Gasteiger partial charge in [-0.25, -0.2) is 5.06 Å². The van der Waals surface area contributed by atoms with Crippen LogP contribution in [0.5, 0.6) is 0 Å². The molecule has 4 amide bonds. The second-order valence-electron chi connectivity index (χ2n) is 17.2. The number of benzene rings is 1. The summed E-state index contributed by atoms with van der Waals surface area (Å²) in [7, 11) is 7.02. The number of likely N-dealkylation sites (N-methyl/N-ethyl adjacent to an activating group) is 1. The highest BCUT2D eigenvalue weighted by atomic mass is 16.7. The maximum absolute atomic E-state index is 13.7. The molecule has 13 heteroatoms. The minimum atomic E-state index is -0.770. The van der Waals surface area contributed by atoms with Gasteiger partial charge in [-0.2, -0.15) is 0 Å². The van der Waals surface area contributed by atoms with E-state index in [1.54, 1.807) is 14.2 Å². The van der Waals surface area contributed by atoms with Crippen molar-refractivity contribution in [3.05, 3.63) is 35.9 Å². The Morgan fingerprint density at radius 1 is 0.850 bits per heavy atom. The number of carbonyl (C=O) groups is 5. The number of likely N-dealkylation sites (tertiary alicyclic amines) is 1. The van der Waals surface area contributed by atoms with Crippen LogP contribution in [0.3, 0.4) is 0 Å². The van der Waals surface area contributed by atoms with E-state index in [4.69, 9.17) is 14.3 Å². The minimum Gasteiger partial charge on any atom is -0.381 e. The molecular weight excluding hydrogens is 763 g/mol. The molecule has 2 N–H and O–H groups in total. The van der Waals surface area contributed by atoms with Gasteiger partial charge in [0.2, 0.25) is 17.7 Å². The van der Waals surface area contributed by atoms with Crippen LogP contribution in [0.15, 0.2) is 30.3 Å². The molecule has 0 spiro atoms. The van der Waals surface area contributed by atoms with Gasteiger partial charge in [0.15, 0.2) is 5.78 Å². The van der Waals surface area contributed by atoms with Crippen molar-refractivity contribution in [2.24, 2.45) is 29.6 Å². The third-order valence-electron chi connectivity index (χ3n) is 12.0. The smallest absolute Gasteiger partial charge is 0.269 e. The molecule has 1 aromatic rings. The van der Waals surface area contributed by atoms with Gasteiger partial charge in [0.05, 0.1) is 49.3 Å². The summed E-state index contributed by atoms with van der Waals surface area (Å²) in [5.41, 5.74) is 0.950. The maximum atomic E-state index is 13.7. The Kier molecular flexibility index (Phi) is 25.7. The van der Waals surface area contributed by atoms with Gasteiger partial charge in [0, 0.05) is 33.7 Å². The van der Waals surface area contributed by atoms with E-state index in [1.165, 1.54) is 12.0 Å². The number of methoxy groups -OCH3 is 2. The van der Waals surface area contributed by atoms with E-state index < -0.39 is 18.1 Å². The van der Waals surface area contributed by atoms with Crippen molar-refractivity contribution >= 4 is 29.4 Å². The lowest BCUT2D eigenvalue weighted by Gasteiger charge is -2.36. The number of hydroxylamine groups is 2. The van der Waals surface area contributed by atoms with Crippen LogP contribution in [0.2, 0.25) is 0 Å². The first-order chi connectivity index (χ1) is 28.4. The summed E-state index contributed by atoms with van der Waals surface area (Å²) in [5, 5.41) is 7.24. The molecule has 2 heterocycles. The fourth-order valence-electron chi connectivity index (χ4n) is 8.21. The molecule has 3 rings (SSSR count). The van der Waals surface area contributed by atoms with Gasteiger partial charge < -0.3 is 25.0 Å². The first kappa shape index (κ1) is 54.6. The lowest BCUT2D eigenvalue weighted by molar-refractivity contribution is -0.199. The highest BCUT2D eigenvalue weighted by Crippen LogP contribution is 2.30. The van der Waals surface area contributed by atoms with E-state index in [0.717, 1.165) is 37.7 Å². The predicted octanol–water partition coefficient (Wildman–Crippen LogP) is 6.33. The van der Waals surface area contributed by atoms with Crippen molar-refractivity contribution in [1.82, 2.24) is 25.5 Å². The summed E-state index contributed by atoms with van der Waals surface area (Å²) in [5.74, 6) is -0.109. The maximum Gasteiger partial charge on any atom is 0.269 e. The molecule has 13 nitrogen and oxygen atoms in total. The molecule has 2 fully saturated rings. The van der Waals surface area contributed by atoms with Crippen LogP contribution >= 0.6 is 0 Å². The Hall–Kier alpha value is -3.39. The number of rotatable bonds is 20. The van der Waals surface area contributed by atoms with Gasteiger partial charge in [-0.3, -0.25) is 33.7 Å². The standard InChI is InChI=1S/C32H51N3O6.C13H26N2O2.C2H6/c1-7-22(2)23(3)28(39-5)21-29(36)34-17-13-16-27(34)30(40-6)24(4)31(37)33-26(20-25-14-9-8-10-15-25)32(38)35-18-11-12-19-41-35;1-8(2)11(10(5)16)14-13(17)12(9(3)4)15(6)7;1-2/h8-10,14-15,22-24,26-28,30H,7,11-13,16-21H2,1-6H3,(H,33,37);8-9,11-12H,1-7H3,(H,14,17);1-2H3/t22-,23-,24+,26-,27-,28?,30+;11-,12?;/m00./s1. The van der Waals surface area contributed by atoms with Crippen LogP contribution < -0.4 is 10.6 Å². The topological polar surface area (TPSA) is 147 Å². The number of ether oxygens (including phenoxy) is 2. The molecule has 60 heavy (non-hydrogen) atoms. The van der Waals surface area contributed by atoms with Gasteiger partial charge in [-0.15, -0.1) is 0 Å². The monoisotopic (exact) mass is 846 g/mol. The van der Waals surface area contributed by atoms with Gasteiger partial charge in [0.25, 0.3) is 5.91 Å². The van der Waals surface area contributed by atoms with Crippen LogP contribution in [0.4, 0.5) is 0 Å². The van der Waals surface area contributed by atoms with E-state index in [0.29, 0.717) is 38.5 Å². The fraction of sp³-hybridized carbons (Fsp3) is 0.766. The second kappa shape index (κ2) is 28.3. The average Bonchev–Trinajstić information content (AvgIpc) is 3.72. The Balaban J connectivity index is 0.000000796. The number of carbonyl (C=O) groups excluding carboxylic acids is 5. The molecule has 0 aromatic heterocycles. The third-order valence-corrected chi connectivity index (χ3v) is 12.0. The summed E-state index contributed by atoms with van der Waals surface area (Å²) in [4.78, 5) is 73.6. The number of ketones is 1. The van der Waals surface area contributed by atoms with E-state index in [9.17, 15) is 24.0 Å². The summed E-state index contributed by atoms with van der Waals surface area (Å²) < 4.78 is 11.7. The zero-order valence-electron chi connectivity index (χ0n) is 39.9. The molecule has 2 unspecified atom stereocenters. The SMILES string of the molecule is CC.CC(=O)[C@@H](NC(=O)C(C(C)C)N(C)C)C(C)C.CC[C@H](C)[C@H](C)C(CC(=O)N1CCC[C@H]1[C@H](OC)[C@@H](C)C(=O)N[C@@H](Cc1ccccc1)C(=O)N1CCCCO1)OC. The van der Waals surface area contributed by atoms with Crippen LogP contribution in [-0.2, 0) is 44.7 Å². The molecule has 0 saturated carbocycles. The Bertz CT molecular complexity index is 1410. The van der Waals surface area contributed by atoms with Crippen molar-refractivity contribution < 1.29 is 38.3 Å². The van der Waals surface area contributed by atoms with Crippen LogP contribution in [-0.4, -0.2) is 129 Å². The quantitative estimate of drug-likeness (QED) is 0.154. The van der Waals surface area contributed by atoms with Crippen molar-refractivity contribution in [2.75, 3.05) is 48.0 Å². The average molecular weight is 846 g/mol. The molecule has 2 aliphatic heterocycles. The lowest BCUT2D eigenvalue weighted by atomic mass is 9.87. The number of amides is 4. The molecule has 344 valence electrons. The Morgan fingerprint density at radius 3 is 1.97 bits per heavy atom. The summed E-state index contributed by atoms with van der Waals surface area (Å²) in [6, 6.07) is 8.08. The van der Waals surface area contributed by atoms with Gasteiger partial charge in [-0.05, 0) is 75.9 Å². The fourth-order valence-corrected chi connectivity index (χ4v) is 8.21. The van der Waals surface area contributed by atoms with Gasteiger partial charge in [0.1, 0.15) is 6.04 Å². The largest absolute Gasteiger partial charge is 0.381 e. The summed E-state index contributed by atoms with van der Waals surface area (Å²) in [6.45, 7) is 23.3. The zero-order chi connectivity index (χ0) is 45.7. The number of Topliss-reactive ketones (excluding diaryl/α,β-unsaturated/α-hetero) is 1. The molecule has 1 aromatic carbocycles. The van der Waals surface area contributed by atoms with Crippen LogP contribution in [0.25, 0.3) is 0 Å². The second-order valence-corrected chi connectivity index (χ2v) is 17.2. The van der Waals surface area contributed by atoms with E-state index in [1.807, 2.05) is 103 Å². The number of nitrogens with zero attached hydrogens (tertiary/aromatic N) is 3. The lowest BCUT2D eigenvalue weighted by Crippen LogP contribution is -2.55. The number of nitrogens with one attached hydrogen (secondary N) is 2. The zero-order valence-corrected chi connectivity index (χ0v) is 39.9. The molecular formula is C47H83N5O8. The van der Waals surface area contributed by atoms with Crippen molar-refractivity contribution in [2.45, 2.75) is 157 Å². The van der Waals surface area contributed by atoms with Crippen molar-refractivity contribution in [1.29, 1.82) is 0 Å². The molecule has 0 radical (unpaired) electrons. The Morgan fingerprint density at radius 2 is 1.48 bits per heavy atom. The van der Waals surface area contributed by atoms with Crippen LogP contribution in [0.1, 0.15) is 120 Å². The number of hydrogen-bond donors (Lipinski definition) is 2. The highest BCUT2D eigenvalue weighted by molar-refractivity contribution is 5.90. The van der Waals surface area contributed by atoms with Crippen LogP contribution in [0, 0.1) is 29.6 Å². The van der Waals surface area contributed by atoms with Gasteiger partial charge in [-0.1, -0.05) is 106 Å². The molecule has 0 aliphatic carbocycles. The Labute approximate surface area is 363 Å². The molecule has 0 bridgehead atoms. The first-order valence-corrected chi connectivity index (χ1v) is 22.5. The summed E-state index contributed by atoms with van der Waals surface area (Å²) in [6.07, 6.45) is 4.40. The van der Waals surface area contributed by atoms with E-state index in [-0.39, 0.29) is 71.4 Å². The van der Waals surface area contributed by atoms with Gasteiger partial charge >= 0.3 is 0 Å².